The van der Waals surface area contributed by atoms with E-state index in [2.05, 4.69) is 11.6 Å². The van der Waals surface area contributed by atoms with Gasteiger partial charge in [-0.1, -0.05) is 24.8 Å². The lowest BCUT2D eigenvalue weighted by Gasteiger charge is -2.16. The Bertz CT molecular complexity index is 376. The van der Waals surface area contributed by atoms with Crippen molar-refractivity contribution < 1.29 is 9.68 Å². The van der Waals surface area contributed by atoms with Gasteiger partial charge in [0.15, 0.2) is 5.90 Å². The van der Waals surface area contributed by atoms with Crippen molar-refractivity contribution in [3.8, 4) is 0 Å². The number of nitrogens with zero attached hydrogens (tertiary/aromatic N) is 1. The lowest BCUT2D eigenvalue weighted by Crippen LogP contribution is -2.38. The minimum atomic E-state index is -0.929. The van der Waals surface area contributed by atoms with Gasteiger partial charge in [0, 0.05) is 5.46 Å². The summed E-state index contributed by atoms with van der Waals surface area (Å²) in [6, 6.07) is 7.30. The average Bonchev–Trinajstić information content (AvgIpc) is 2.18. The third kappa shape index (κ3) is 1.36. The molecule has 0 aromatic heterocycles. The molecule has 64 valence electrons. The molecule has 0 fully saturated rings. The Labute approximate surface area is 76.5 Å². The maximum atomic E-state index is 9.51. The predicted octanol–water partition coefficient (Wildman–Crippen LogP) is 0.620. The van der Waals surface area contributed by atoms with E-state index in [9.17, 15) is 5.02 Å². The number of rotatable bonds is 1. The zero-order valence-corrected chi connectivity index (χ0v) is 6.97. The van der Waals surface area contributed by atoms with Crippen molar-refractivity contribution in [3.63, 3.8) is 0 Å². The van der Waals surface area contributed by atoms with Crippen LogP contribution in [-0.4, -0.2) is 18.0 Å². The maximum Gasteiger partial charge on any atom is 0.563 e. The summed E-state index contributed by atoms with van der Waals surface area (Å²) in [5.41, 5.74) is 1.42. The highest BCUT2D eigenvalue weighted by Gasteiger charge is 2.26. The molecule has 13 heavy (non-hydrogen) atoms. The average molecular weight is 173 g/mol. The molecule has 0 amide bonds. The van der Waals surface area contributed by atoms with Gasteiger partial charge in [0.05, 0.1) is 5.69 Å². The van der Waals surface area contributed by atoms with Crippen molar-refractivity contribution in [2.75, 3.05) is 0 Å². The van der Waals surface area contributed by atoms with E-state index in [4.69, 9.17) is 4.65 Å². The normalized spacial score (nSPS) is 14.2. The quantitative estimate of drug-likeness (QED) is 0.632. The Balaban J connectivity index is 2.52. The van der Waals surface area contributed by atoms with Crippen LogP contribution in [0.3, 0.4) is 0 Å². The first kappa shape index (κ1) is 8.07. The molecule has 0 saturated carbocycles. The Morgan fingerprint density at radius 1 is 1.46 bits per heavy atom. The Morgan fingerprint density at radius 3 is 3.00 bits per heavy atom. The maximum absolute atomic E-state index is 9.51. The van der Waals surface area contributed by atoms with Gasteiger partial charge in [0.1, 0.15) is 0 Å². The molecule has 0 unspecified atom stereocenters. The summed E-state index contributed by atoms with van der Waals surface area (Å²) in [5.74, 6) is 0.353. The topological polar surface area (TPSA) is 41.8 Å². The van der Waals surface area contributed by atoms with Gasteiger partial charge in [-0.15, -0.1) is 0 Å². The third-order valence-electron chi connectivity index (χ3n) is 1.84. The van der Waals surface area contributed by atoms with E-state index < -0.39 is 7.12 Å². The Morgan fingerprint density at radius 2 is 2.23 bits per heavy atom. The third-order valence-corrected chi connectivity index (χ3v) is 1.84. The van der Waals surface area contributed by atoms with Crippen LogP contribution in [0.4, 0.5) is 5.69 Å². The highest BCUT2D eigenvalue weighted by atomic mass is 16.5. The summed E-state index contributed by atoms with van der Waals surface area (Å²) in [5, 5.41) is 9.51. The van der Waals surface area contributed by atoms with Crippen molar-refractivity contribution in [3.05, 3.63) is 36.9 Å². The lowest BCUT2D eigenvalue weighted by molar-refractivity contribution is 0.426. The summed E-state index contributed by atoms with van der Waals surface area (Å²) in [6.45, 7) is 3.52. The molecule has 0 spiro atoms. The molecule has 1 aromatic carbocycles. The molecule has 0 bridgehead atoms. The number of benzene rings is 1. The molecule has 0 radical (unpaired) electrons. The zero-order chi connectivity index (χ0) is 9.26. The van der Waals surface area contributed by atoms with Crippen molar-refractivity contribution >= 4 is 24.2 Å². The van der Waals surface area contributed by atoms with E-state index in [0.717, 1.165) is 5.69 Å². The summed E-state index contributed by atoms with van der Waals surface area (Å²) in [4.78, 5) is 4.13. The highest BCUT2D eigenvalue weighted by molar-refractivity contribution is 6.64. The van der Waals surface area contributed by atoms with E-state index in [1.165, 1.54) is 6.08 Å². The van der Waals surface area contributed by atoms with Crippen molar-refractivity contribution in [2.24, 2.45) is 4.99 Å². The summed E-state index contributed by atoms with van der Waals surface area (Å²) >= 11 is 0. The summed E-state index contributed by atoms with van der Waals surface area (Å²) in [6.07, 6.45) is 1.47. The molecule has 0 saturated heterocycles. The van der Waals surface area contributed by atoms with Crippen LogP contribution in [0.25, 0.3) is 0 Å². The molecular formula is C9H8BNO2. The second-order valence-electron chi connectivity index (χ2n) is 2.68. The van der Waals surface area contributed by atoms with Crippen LogP contribution >= 0.6 is 0 Å². The van der Waals surface area contributed by atoms with Gasteiger partial charge in [-0.25, -0.2) is 4.99 Å². The van der Waals surface area contributed by atoms with E-state index in [0.29, 0.717) is 11.4 Å². The number of para-hydroxylation sites is 1. The first-order valence-corrected chi connectivity index (χ1v) is 3.96. The molecule has 2 rings (SSSR count). The van der Waals surface area contributed by atoms with Crippen LogP contribution in [0.1, 0.15) is 0 Å². The number of aliphatic imine (C=N–C) groups is 1. The molecule has 1 N–H and O–H groups in total. The molecule has 0 atom stereocenters. The molecule has 0 aliphatic carbocycles. The van der Waals surface area contributed by atoms with Gasteiger partial charge >= 0.3 is 7.12 Å². The van der Waals surface area contributed by atoms with Crippen molar-refractivity contribution in [2.45, 2.75) is 0 Å². The van der Waals surface area contributed by atoms with Crippen LogP contribution in [0.5, 0.6) is 0 Å². The number of hydrogen-bond acceptors (Lipinski definition) is 3. The summed E-state index contributed by atoms with van der Waals surface area (Å²) in [7, 11) is -0.929. The highest BCUT2D eigenvalue weighted by Crippen LogP contribution is 2.14. The van der Waals surface area contributed by atoms with Crippen LogP contribution in [0, 0.1) is 0 Å². The van der Waals surface area contributed by atoms with Crippen LogP contribution < -0.4 is 5.46 Å². The Hall–Kier alpha value is -1.55. The van der Waals surface area contributed by atoms with Gasteiger partial charge in [0.25, 0.3) is 0 Å². The minimum Gasteiger partial charge on any atom is -0.518 e. The second-order valence-corrected chi connectivity index (χ2v) is 2.68. The second kappa shape index (κ2) is 3.07. The number of fused-ring (bicyclic) bond motifs is 1. The van der Waals surface area contributed by atoms with Gasteiger partial charge < -0.3 is 9.68 Å². The fourth-order valence-electron chi connectivity index (χ4n) is 1.21. The molecular weight excluding hydrogens is 165 g/mol. The molecule has 4 heteroatoms. The Kier molecular flexibility index (Phi) is 1.90. The number of hydrogen-bond donors (Lipinski definition) is 1. The first-order chi connectivity index (χ1) is 6.31. The van der Waals surface area contributed by atoms with Gasteiger partial charge in [-0.3, -0.25) is 0 Å². The molecule has 1 heterocycles. The van der Waals surface area contributed by atoms with Crippen LogP contribution in [0.15, 0.2) is 41.9 Å². The molecule has 1 aliphatic rings. The summed E-state index contributed by atoms with van der Waals surface area (Å²) < 4.78 is 5.05. The van der Waals surface area contributed by atoms with Crippen molar-refractivity contribution in [1.82, 2.24) is 0 Å². The zero-order valence-electron chi connectivity index (χ0n) is 6.97. The van der Waals surface area contributed by atoms with Crippen LogP contribution in [0.2, 0.25) is 0 Å². The predicted molar refractivity (Wildman–Crippen MR) is 52.4 cm³/mol. The molecule has 1 aromatic rings. The first-order valence-electron chi connectivity index (χ1n) is 3.96. The van der Waals surface area contributed by atoms with Gasteiger partial charge in [0.2, 0.25) is 0 Å². The van der Waals surface area contributed by atoms with Crippen LogP contribution in [-0.2, 0) is 4.65 Å². The SMILES string of the molecule is C=CC1=Nc2ccccc2B(O)O1. The van der Waals surface area contributed by atoms with E-state index in [-0.39, 0.29) is 0 Å². The van der Waals surface area contributed by atoms with Gasteiger partial charge in [-0.2, -0.15) is 0 Å². The van der Waals surface area contributed by atoms with Gasteiger partial charge in [-0.05, 0) is 12.1 Å². The fraction of sp³-hybridized carbons (Fsp3) is 0. The van der Waals surface area contributed by atoms with E-state index >= 15 is 0 Å². The van der Waals surface area contributed by atoms with Crippen molar-refractivity contribution in [1.29, 1.82) is 0 Å². The molecule has 1 aliphatic heterocycles. The monoisotopic (exact) mass is 173 g/mol. The smallest absolute Gasteiger partial charge is 0.518 e. The fourth-order valence-corrected chi connectivity index (χ4v) is 1.21. The molecule has 3 nitrogen and oxygen atoms in total. The standard InChI is InChI=1S/C9H8BNO2/c1-2-9-11-8-6-4-3-5-7(8)10(12)13-9/h2-6,12H,1H2. The largest absolute Gasteiger partial charge is 0.563 e. The lowest BCUT2D eigenvalue weighted by atomic mass is 9.77. The van der Waals surface area contributed by atoms with E-state index in [1.807, 2.05) is 18.2 Å². The minimum absolute atomic E-state index is 0.353. The van der Waals surface area contributed by atoms with E-state index in [1.54, 1.807) is 6.07 Å².